The van der Waals surface area contributed by atoms with Crippen molar-refractivity contribution in [2.75, 3.05) is 4.72 Å². The van der Waals surface area contributed by atoms with Gasteiger partial charge in [0.05, 0.1) is 10.6 Å². The van der Waals surface area contributed by atoms with Gasteiger partial charge < -0.3 is 4.74 Å². The predicted octanol–water partition coefficient (Wildman–Crippen LogP) is 4.25. The molecule has 5 rings (SSSR count). The van der Waals surface area contributed by atoms with Crippen LogP contribution in [-0.2, 0) is 14.8 Å². The first-order valence-corrected chi connectivity index (χ1v) is 10.5. The number of rotatable bonds is 4. The van der Waals surface area contributed by atoms with Crippen molar-refractivity contribution in [1.29, 1.82) is 0 Å². The summed E-state index contributed by atoms with van der Waals surface area (Å²) in [6.07, 6.45) is 6.17. The number of nitrogens with one attached hydrogen (secondary N) is 1. The minimum atomic E-state index is -3.70. The summed E-state index contributed by atoms with van der Waals surface area (Å²) in [6, 6.07) is 10.1. The molecule has 2 atom stereocenters. The number of anilines is 1. The van der Waals surface area contributed by atoms with E-state index in [-0.39, 0.29) is 22.7 Å². The molecular weight excluding hydrogens is 362 g/mol. The van der Waals surface area contributed by atoms with E-state index in [0.29, 0.717) is 11.4 Å². The molecule has 0 unspecified atom stereocenters. The standard InChI is InChI=1S/C21H21NO4S/c1-13-3-9-17(10-4-13)27(24,25)22-18-11-12-19(26-14(2)23)21-16-7-5-15(6-8-16)20(18)21/h3-5,7,9-12,15-16,22H,6,8H2,1-2H3/t15-,16+/m1/s1. The molecule has 0 aromatic heterocycles. The first-order chi connectivity index (χ1) is 12.8. The summed E-state index contributed by atoms with van der Waals surface area (Å²) in [5.41, 5.74) is 3.40. The fraction of sp³-hybridized carbons (Fsp3) is 0.286. The van der Waals surface area contributed by atoms with Gasteiger partial charge in [-0.3, -0.25) is 9.52 Å². The molecule has 5 nitrogen and oxygen atoms in total. The van der Waals surface area contributed by atoms with Crippen LogP contribution in [-0.4, -0.2) is 14.4 Å². The molecule has 0 fully saturated rings. The minimum Gasteiger partial charge on any atom is -0.426 e. The summed E-state index contributed by atoms with van der Waals surface area (Å²) in [6.45, 7) is 3.29. The Morgan fingerprint density at radius 1 is 1.00 bits per heavy atom. The van der Waals surface area contributed by atoms with Crippen LogP contribution in [0.2, 0.25) is 0 Å². The number of allylic oxidation sites excluding steroid dienone is 2. The second-order valence-corrected chi connectivity index (χ2v) is 8.81. The van der Waals surface area contributed by atoms with E-state index in [4.69, 9.17) is 4.74 Å². The van der Waals surface area contributed by atoms with E-state index in [1.807, 2.05) is 6.92 Å². The summed E-state index contributed by atoms with van der Waals surface area (Å²) in [5, 5.41) is 0. The molecule has 1 N–H and O–H groups in total. The molecule has 0 radical (unpaired) electrons. The first-order valence-electron chi connectivity index (χ1n) is 8.98. The van der Waals surface area contributed by atoms with Crippen LogP contribution in [0.4, 0.5) is 5.69 Å². The third-order valence-electron chi connectivity index (χ3n) is 5.18. The van der Waals surface area contributed by atoms with Crippen LogP contribution in [0.15, 0.2) is 53.4 Å². The Hall–Kier alpha value is -2.60. The molecule has 0 saturated carbocycles. The zero-order valence-corrected chi connectivity index (χ0v) is 16.0. The summed E-state index contributed by atoms with van der Waals surface area (Å²) < 4.78 is 33.8. The van der Waals surface area contributed by atoms with Crippen LogP contribution in [0.5, 0.6) is 5.75 Å². The number of aryl methyl sites for hydroxylation is 1. The Bertz CT molecular complexity index is 1040. The fourth-order valence-corrected chi connectivity index (χ4v) is 5.03. The highest BCUT2D eigenvalue weighted by Gasteiger charge is 2.35. The van der Waals surface area contributed by atoms with Gasteiger partial charge in [-0.25, -0.2) is 8.42 Å². The zero-order valence-electron chi connectivity index (χ0n) is 15.2. The SMILES string of the molecule is CC(=O)Oc1ccc(NS(=O)(=O)c2ccc(C)cc2)c2c1[C@H]1C=C[C@@H]2CC1. The Labute approximate surface area is 159 Å². The van der Waals surface area contributed by atoms with Crippen LogP contribution in [0.1, 0.15) is 48.3 Å². The van der Waals surface area contributed by atoms with Gasteiger partial charge in [0.15, 0.2) is 0 Å². The molecule has 3 aliphatic rings. The predicted molar refractivity (Wildman–Crippen MR) is 104 cm³/mol. The lowest BCUT2D eigenvalue weighted by Gasteiger charge is -2.36. The average molecular weight is 383 g/mol. The molecule has 0 spiro atoms. The van der Waals surface area contributed by atoms with Crippen molar-refractivity contribution in [3.63, 3.8) is 0 Å². The van der Waals surface area contributed by atoms with Crippen LogP contribution in [0.25, 0.3) is 0 Å². The number of carbonyl (C=O) groups is 1. The van der Waals surface area contributed by atoms with E-state index >= 15 is 0 Å². The summed E-state index contributed by atoms with van der Waals surface area (Å²) in [4.78, 5) is 11.7. The number of esters is 1. The number of hydrogen-bond donors (Lipinski definition) is 1. The lowest BCUT2D eigenvalue weighted by atomic mass is 9.70. The number of fused-ring (bicyclic) bond motifs is 1. The van der Waals surface area contributed by atoms with Gasteiger partial charge >= 0.3 is 5.97 Å². The highest BCUT2D eigenvalue weighted by atomic mass is 32.2. The Balaban J connectivity index is 1.78. The highest BCUT2D eigenvalue weighted by molar-refractivity contribution is 7.92. The molecule has 2 bridgehead atoms. The van der Waals surface area contributed by atoms with E-state index in [2.05, 4.69) is 16.9 Å². The van der Waals surface area contributed by atoms with Gasteiger partial charge in [0.25, 0.3) is 10.0 Å². The third-order valence-corrected chi connectivity index (χ3v) is 6.56. The zero-order chi connectivity index (χ0) is 19.2. The van der Waals surface area contributed by atoms with Crippen molar-refractivity contribution in [3.8, 4) is 5.75 Å². The van der Waals surface area contributed by atoms with E-state index in [9.17, 15) is 13.2 Å². The quantitative estimate of drug-likeness (QED) is 0.487. The second-order valence-electron chi connectivity index (χ2n) is 7.13. The number of carbonyl (C=O) groups excluding carboxylic acids is 1. The van der Waals surface area contributed by atoms with Gasteiger partial charge in [0, 0.05) is 24.3 Å². The lowest BCUT2D eigenvalue weighted by Crippen LogP contribution is -2.22. The average Bonchev–Trinajstić information content (AvgIpc) is 2.64. The Morgan fingerprint density at radius 3 is 2.22 bits per heavy atom. The second kappa shape index (κ2) is 6.53. The van der Waals surface area contributed by atoms with Gasteiger partial charge in [-0.15, -0.1) is 0 Å². The lowest BCUT2D eigenvalue weighted by molar-refractivity contribution is -0.131. The smallest absolute Gasteiger partial charge is 0.308 e. The van der Waals surface area contributed by atoms with Crippen molar-refractivity contribution >= 4 is 21.7 Å². The van der Waals surface area contributed by atoms with Crippen molar-refractivity contribution in [3.05, 3.63) is 65.2 Å². The van der Waals surface area contributed by atoms with Crippen molar-refractivity contribution in [1.82, 2.24) is 0 Å². The summed E-state index contributed by atoms with van der Waals surface area (Å²) in [7, 11) is -3.70. The largest absolute Gasteiger partial charge is 0.426 e. The summed E-state index contributed by atoms with van der Waals surface area (Å²) >= 11 is 0. The van der Waals surface area contributed by atoms with Crippen LogP contribution in [0, 0.1) is 6.92 Å². The van der Waals surface area contributed by atoms with E-state index < -0.39 is 10.0 Å². The van der Waals surface area contributed by atoms with Gasteiger partial charge in [-0.2, -0.15) is 0 Å². The minimum absolute atomic E-state index is 0.122. The van der Waals surface area contributed by atoms with Crippen LogP contribution < -0.4 is 9.46 Å². The molecule has 0 aliphatic heterocycles. The first kappa shape index (κ1) is 17.8. The van der Waals surface area contributed by atoms with Gasteiger partial charge in [0.2, 0.25) is 0 Å². The van der Waals surface area contributed by atoms with Crippen molar-refractivity contribution in [2.45, 2.75) is 43.4 Å². The number of benzene rings is 2. The maximum absolute atomic E-state index is 12.9. The van der Waals surface area contributed by atoms with Crippen LogP contribution >= 0.6 is 0 Å². The Kier molecular flexibility index (Phi) is 4.30. The molecule has 0 amide bonds. The van der Waals surface area contributed by atoms with Crippen molar-refractivity contribution < 1.29 is 17.9 Å². The van der Waals surface area contributed by atoms with Crippen molar-refractivity contribution in [2.24, 2.45) is 0 Å². The molecule has 3 aliphatic carbocycles. The van der Waals surface area contributed by atoms with E-state index in [1.165, 1.54) is 6.92 Å². The fourth-order valence-electron chi connectivity index (χ4n) is 3.95. The number of sulfonamides is 1. The molecule has 0 saturated heterocycles. The molecule has 27 heavy (non-hydrogen) atoms. The Morgan fingerprint density at radius 2 is 1.63 bits per heavy atom. The van der Waals surface area contributed by atoms with Crippen LogP contribution in [0.3, 0.4) is 0 Å². The molecule has 2 aromatic rings. The van der Waals surface area contributed by atoms with Gasteiger partial charge in [0.1, 0.15) is 5.75 Å². The number of hydrogen-bond acceptors (Lipinski definition) is 4. The molecule has 6 heteroatoms. The highest BCUT2D eigenvalue weighted by Crippen LogP contribution is 2.51. The van der Waals surface area contributed by atoms with Gasteiger partial charge in [-0.05, 0) is 49.6 Å². The molecule has 140 valence electrons. The maximum atomic E-state index is 12.9. The van der Waals surface area contributed by atoms with Gasteiger partial charge in [-0.1, -0.05) is 29.8 Å². The molecule has 2 aromatic carbocycles. The molecular formula is C21H21NO4S. The third kappa shape index (κ3) is 3.25. The maximum Gasteiger partial charge on any atom is 0.308 e. The normalized spacial score (nSPS) is 20.2. The van der Waals surface area contributed by atoms with E-state index in [1.54, 1.807) is 36.4 Å². The molecule has 0 heterocycles. The number of ether oxygens (including phenoxy) is 1. The topological polar surface area (TPSA) is 72.5 Å². The van der Waals surface area contributed by atoms with E-state index in [0.717, 1.165) is 29.5 Å². The monoisotopic (exact) mass is 383 g/mol. The summed E-state index contributed by atoms with van der Waals surface area (Å²) in [5.74, 6) is 0.407.